The molecule has 0 saturated carbocycles. The van der Waals surface area contributed by atoms with Gasteiger partial charge in [-0.05, 0) is 18.1 Å². The summed E-state index contributed by atoms with van der Waals surface area (Å²) in [5.74, 6) is -0.184. The molecule has 118 valence electrons. The van der Waals surface area contributed by atoms with Crippen molar-refractivity contribution in [2.75, 3.05) is 0 Å². The molecule has 2 heterocycles. The van der Waals surface area contributed by atoms with Crippen LogP contribution in [-0.4, -0.2) is 25.9 Å². The van der Waals surface area contributed by atoms with E-state index in [4.69, 9.17) is 0 Å². The third kappa shape index (κ3) is 3.85. The second-order valence-electron chi connectivity index (χ2n) is 5.35. The van der Waals surface area contributed by atoms with Gasteiger partial charge in [-0.15, -0.1) is 0 Å². The van der Waals surface area contributed by atoms with Crippen molar-refractivity contribution in [3.8, 4) is 0 Å². The molecule has 2 aromatic heterocycles. The molecule has 6 heteroatoms. The lowest BCUT2D eigenvalue weighted by atomic mass is 10.2. The molecular formula is C17H19N5O. The quantitative estimate of drug-likeness (QED) is 0.732. The zero-order valence-corrected chi connectivity index (χ0v) is 13.0. The fourth-order valence-corrected chi connectivity index (χ4v) is 2.29. The first-order chi connectivity index (χ1) is 11.2. The fraction of sp³-hybridized carbons (Fsp3) is 0.235. The van der Waals surface area contributed by atoms with Crippen LogP contribution in [0.5, 0.6) is 0 Å². The Morgan fingerprint density at radius 3 is 2.83 bits per heavy atom. The molecule has 0 radical (unpaired) electrons. The molecule has 3 rings (SSSR count). The molecule has 0 saturated heterocycles. The smallest absolute Gasteiger partial charge is 0.272 e. The average Bonchev–Trinajstić information content (AvgIpc) is 3.23. The Morgan fingerprint density at radius 2 is 2.09 bits per heavy atom. The molecule has 0 aliphatic carbocycles. The third-order valence-electron chi connectivity index (χ3n) is 3.57. The van der Waals surface area contributed by atoms with Gasteiger partial charge in [-0.2, -0.15) is 10.2 Å². The van der Waals surface area contributed by atoms with E-state index >= 15 is 0 Å². The lowest BCUT2D eigenvalue weighted by Crippen LogP contribution is -2.22. The average molecular weight is 309 g/mol. The summed E-state index contributed by atoms with van der Waals surface area (Å²) < 4.78 is 1.86. The van der Waals surface area contributed by atoms with Gasteiger partial charge in [0, 0.05) is 24.0 Å². The molecule has 0 spiro atoms. The number of carbonyl (C=O) groups is 1. The summed E-state index contributed by atoms with van der Waals surface area (Å²) in [4.78, 5) is 12.0. The van der Waals surface area contributed by atoms with E-state index in [0.717, 1.165) is 17.7 Å². The third-order valence-corrected chi connectivity index (χ3v) is 3.57. The van der Waals surface area contributed by atoms with Gasteiger partial charge in [0.2, 0.25) is 0 Å². The number of nitrogens with zero attached hydrogens (tertiary/aromatic N) is 3. The summed E-state index contributed by atoms with van der Waals surface area (Å²) in [7, 11) is 0. The first-order valence-corrected chi connectivity index (χ1v) is 7.62. The van der Waals surface area contributed by atoms with Crippen LogP contribution in [0.25, 0.3) is 0 Å². The SMILES string of the molecule is CCc1cc(C(=O)NCc2cnn(Cc3ccccc3)c2)n[nH]1. The Hall–Kier alpha value is -2.89. The van der Waals surface area contributed by atoms with Crippen molar-refractivity contribution in [1.82, 2.24) is 25.3 Å². The highest BCUT2D eigenvalue weighted by atomic mass is 16.1. The molecule has 0 unspecified atom stereocenters. The normalized spacial score (nSPS) is 10.7. The van der Waals surface area contributed by atoms with Crippen LogP contribution >= 0.6 is 0 Å². The van der Waals surface area contributed by atoms with E-state index < -0.39 is 0 Å². The van der Waals surface area contributed by atoms with Crippen LogP contribution in [0.2, 0.25) is 0 Å². The molecule has 3 aromatic rings. The maximum absolute atomic E-state index is 12.0. The van der Waals surface area contributed by atoms with Gasteiger partial charge in [-0.25, -0.2) is 0 Å². The summed E-state index contributed by atoms with van der Waals surface area (Å²) in [5, 5.41) is 14.0. The van der Waals surface area contributed by atoms with Gasteiger partial charge < -0.3 is 5.32 Å². The number of H-pyrrole nitrogens is 1. The molecular weight excluding hydrogens is 290 g/mol. The molecule has 0 aliphatic rings. The molecule has 1 amide bonds. The first kappa shape index (κ1) is 15.0. The molecule has 2 N–H and O–H groups in total. The maximum Gasteiger partial charge on any atom is 0.272 e. The van der Waals surface area contributed by atoms with Crippen LogP contribution in [0, 0.1) is 0 Å². The number of rotatable bonds is 6. The van der Waals surface area contributed by atoms with Crippen LogP contribution in [0.1, 0.15) is 34.2 Å². The number of carbonyl (C=O) groups excluding carboxylic acids is 1. The topological polar surface area (TPSA) is 75.6 Å². The van der Waals surface area contributed by atoms with Crippen molar-refractivity contribution in [2.45, 2.75) is 26.4 Å². The predicted octanol–water partition coefficient (Wildman–Crippen LogP) is 2.15. The second-order valence-corrected chi connectivity index (χ2v) is 5.35. The van der Waals surface area contributed by atoms with Gasteiger partial charge >= 0.3 is 0 Å². The zero-order valence-electron chi connectivity index (χ0n) is 13.0. The number of amides is 1. The van der Waals surface area contributed by atoms with Gasteiger partial charge in [0.25, 0.3) is 5.91 Å². The number of hydrogen-bond donors (Lipinski definition) is 2. The van der Waals surface area contributed by atoms with E-state index in [2.05, 4.69) is 32.7 Å². The van der Waals surface area contributed by atoms with Gasteiger partial charge in [-0.1, -0.05) is 37.3 Å². The molecule has 0 atom stereocenters. The van der Waals surface area contributed by atoms with E-state index in [0.29, 0.717) is 18.8 Å². The summed E-state index contributed by atoms with van der Waals surface area (Å²) in [6, 6.07) is 11.9. The number of hydrogen-bond acceptors (Lipinski definition) is 3. The summed E-state index contributed by atoms with van der Waals surface area (Å²) >= 11 is 0. The lowest BCUT2D eigenvalue weighted by Gasteiger charge is -2.01. The highest BCUT2D eigenvalue weighted by molar-refractivity contribution is 5.92. The van der Waals surface area contributed by atoms with Gasteiger partial charge in [0.15, 0.2) is 0 Å². The monoisotopic (exact) mass is 309 g/mol. The van der Waals surface area contributed by atoms with Gasteiger partial charge in [0.05, 0.1) is 12.7 Å². The van der Waals surface area contributed by atoms with Crippen molar-refractivity contribution in [3.05, 3.63) is 71.3 Å². The van der Waals surface area contributed by atoms with Crippen molar-refractivity contribution >= 4 is 5.91 Å². The molecule has 1 aromatic carbocycles. The van der Waals surface area contributed by atoms with E-state index in [1.165, 1.54) is 5.56 Å². The van der Waals surface area contributed by atoms with E-state index in [9.17, 15) is 4.79 Å². The standard InChI is InChI=1S/C17H19N5O/c1-2-15-8-16(21-20-15)17(23)18-9-14-10-19-22(12-14)11-13-6-4-3-5-7-13/h3-8,10,12H,2,9,11H2,1H3,(H,18,23)(H,20,21). The number of aryl methyl sites for hydroxylation is 1. The van der Waals surface area contributed by atoms with Crippen molar-refractivity contribution < 1.29 is 4.79 Å². The minimum atomic E-state index is -0.184. The van der Waals surface area contributed by atoms with Crippen molar-refractivity contribution in [1.29, 1.82) is 0 Å². The van der Waals surface area contributed by atoms with Gasteiger partial charge in [-0.3, -0.25) is 14.6 Å². The van der Waals surface area contributed by atoms with E-state index in [1.807, 2.05) is 36.0 Å². The molecule has 0 fully saturated rings. The number of nitrogens with one attached hydrogen (secondary N) is 2. The summed E-state index contributed by atoms with van der Waals surface area (Å²) in [6.45, 7) is 3.16. The predicted molar refractivity (Wildman–Crippen MR) is 86.9 cm³/mol. The number of benzene rings is 1. The summed E-state index contributed by atoms with van der Waals surface area (Å²) in [6.07, 6.45) is 4.53. The molecule has 6 nitrogen and oxygen atoms in total. The van der Waals surface area contributed by atoms with Crippen LogP contribution < -0.4 is 5.32 Å². The van der Waals surface area contributed by atoms with Crippen molar-refractivity contribution in [3.63, 3.8) is 0 Å². The maximum atomic E-state index is 12.0. The van der Waals surface area contributed by atoms with E-state index in [-0.39, 0.29) is 5.91 Å². The zero-order chi connectivity index (χ0) is 16.1. The Kier molecular flexibility index (Phi) is 4.52. The van der Waals surface area contributed by atoms with Crippen molar-refractivity contribution in [2.24, 2.45) is 0 Å². The van der Waals surface area contributed by atoms with E-state index in [1.54, 1.807) is 12.3 Å². The minimum Gasteiger partial charge on any atom is -0.346 e. The second kappa shape index (κ2) is 6.91. The molecule has 0 bridgehead atoms. The summed E-state index contributed by atoms with van der Waals surface area (Å²) in [5.41, 5.74) is 3.51. The highest BCUT2D eigenvalue weighted by Gasteiger charge is 2.10. The van der Waals surface area contributed by atoms with Crippen LogP contribution in [0.4, 0.5) is 0 Å². The molecule has 0 aliphatic heterocycles. The van der Waals surface area contributed by atoms with Crippen LogP contribution in [-0.2, 0) is 19.5 Å². The van der Waals surface area contributed by atoms with Gasteiger partial charge in [0.1, 0.15) is 5.69 Å². The van der Waals surface area contributed by atoms with Crippen LogP contribution in [0.15, 0.2) is 48.8 Å². The lowest BCUT2D eigenvalue weighted by molar-refractivity contribution is 0.0946. The Balaban J connectivity index is 1.55. The first-order valence-electron chi connectivity index (χ1n) is 7.62. The highest BCUT2D eigenvalue weighted by Crippen LogP contribution is 2.05. The fourth-order valence-electron chi connectivity index (χ4n) is 2.29. The Bertz CT molecular complexity index is 775. The number of aromatic amines is 1. The number of aromatic nitrogens is 4. The Labute approximate surface area is 134 Å². The largest absolute Gasteiger partial charge is 0.346 e. The molecule has 23 heavy (non-hydrogen) atoms. The van der Waals surface area contributed by atoms with Crippen LogP contribution in [0.3, 0.4) is 0 Å². The Morgan fingerprint density at radius 1 is 1.26 bits per heavy atom. The minimum absolute atomic E-state index is 0.184.